The van der Waals surface area contributed by atoms with E-state index in [2.05, 4.69) is 15.6 Å². The SMILES string of the molecule is C/C=N\c1c(NCCc2ccc(O)cc2)nc(-c2csc3ccccc23)nc1NCc1ccc(C(F)(F)F)cc1. The number of alkyl halides is 3. The molecule has 0 saturated carbocycles. The van der Waals surface area contributed by atoms with Gasteiger partial charge in [-0.25, -0.2) is 9.97 Å². The molecule has 5 rings (SSSR count). The van der Waals surface area contributed by atoms with Crippen LogP contribution in [0.5, 0.6) is 5.75 Å². The van der Waals surface area contributed by atoms with Gasteiger partial charge in [-0.2, -0.15) is 13.2 Å². The van der Waals surface area contributed by atoms with Gasteiger partial charge in [-0.05, 0) is 54.8 Å². The van der Waals surface area contributed by atoms with Crippen LogP contribution in [0.3, 0.4) is 0 Å². The van der Waals surface area contributed by atoms with Crippen molar-refractivity contribution in [2.75, 3.05) is 17.2 Å². The van der Waals surface area contributed by atoms with E-state index in [1.165, 1.54) is 12.1 Å². The van der Waals surface area contributed by atoms with E-state index in [9.17, 15) is 18.3 Å². The van der Waals surface area contributed by atoms with Crippen molar-refractivity contribution < 1.29 is 18.3 Å². The van der Waals surface area contributed by atoms with Crippen LogP contribution in [0, 0.1) is 0 Å². The van der Waals surface area contributed by atoms with Crippen molar-refractivity contribution in [2.45, 2.75) is 26.1 Å². The third-order valence-corrected chi connectivity index (χ3v) is 7.21. The highest BCUT2D eigenvalue weighted by atomic mass is 32.1. The zero-order valence-electron chi connectivity index (χ0n) is 21.5. The highest BCUT2D eigenvalue weighted by Crippen LogP contribution is 2.38. The molecule has 3 aromatic carbocycles. The molecule has 40 heavy (non-hydrogen) atoms. The van der Waals surface area contributed by atoms with Crippen molar-refractivity contribution in [1.29, 1.82) is 0 Å². The molecule has 6 nitrogen and oxygen atoms in total. The second-order valence-electron chi connectivity index (χ2n) is 9.02. The normalized spacial score (nSPS) is 11.8. The van der Waals surface area contributed by atoms with Gasteiger partial charge in [-0.3, -0.25) is 4.99 Å². The molecule has 2 aromatic heterocycles. The zero-order valence-corrected chi connectivity index (χ0v) is 22.4. The third kappa shape index (κ3) is 6.23. The number of anilines is 2. The Morgan fingerprint density at radius 2 is 1.57 bits per heavy atom. The average molecular weight is 562 g/mol. The number of fused-ring (bicyclic) bond motifs is 1. The Morgan fingerprint density at radius 1 is 0.900 bits per heavy atom. The number of phenolic OH excluding ortho intramolecular Hbond substituents is 1. The predicted octanol–water partition coefficient (Wildman–Crippen LogP) is 8.07. The van der Waals surface area contributed by atoms with Gasteiger partial charge in [0.15, 0.2) is 17.5 Å². The molecular weight excluding hydrogens is 535 g/mol. The smallest absolute Gasteiger partial charge is 0.416 e. The monoisotopic (exact) mass is 561 g/mol. The maximum absolute atomic E-state index is 13.0. The summed E-state index contributed by atoms with van der Waals surface area (Å²) in [5.74, 6) is 1.72. The van der Waals surface area contributed by atoms with Crippen molar-refractivity contribution >= 4 is 45.0 Å². The molecule has 0 spiro atoms. The maximum Gasteiger partial charge on any atom is 0.416 e. The molecule has 0 amide bonds. The Bertz CT molecular complexity index is 1630. The number of aliphatic imine (C=N–C) groups is 1. The minimum absolute atomic E-state index is 0.212. The Labute approximate surface area is 233 Å². The van der Waals surface area contributed by atoms with Crippen LogP contribution in [0.1, 0.15) is 23.6 Å². The highest BCUT2D eigenvalue weighted by molar-refractivity contribution is 7.17. The lowest BCUT2D eigenvalue weighted by Crippen LogP contribution is -2.10. The van der Waals surface area contributed by atoms with E-state index in [0.717, 1.165) is 33.3 Å². The molecule has 0 unspecified atom stereocenters. The zero-order chi connectivity index (χ0) is 28.1. The van der Waals surface area contributed by atoms with Crippen LogP contribution in [-0.4, -0.2) is 27.8 Å². The van der Waals surface area contributed by atoms with Gasteiger partial charge in [0.2, 0.25) is 0 Å². The summed E-state index contributed by atoms with van der Waals surface area (Å²) in [5.41, 5.74) is 2.41. The number of rotatable bonds is 9. The van der Waals surface area contributed by atoms with Gasteiger partial charge in [0.05, 0.1) is 5.56 Å². The third-order valence-electron chi connectivity index (χ3n) is 6.25. The molecule has 10 heteroatoms. The molecule has 0 fully saturated rings. The highest BCUT2D eigenvalue weighted by Gasteiger charge is 2.30. The van der Waals surface area contributed by atoms with E-state index in [1.807, 2.05) is 41.8 Å². The molecule has 0 aliphatic heterocycles. The van der Waals surface area contributed by atoms with E-state index < -0.39 is 11.7 Å². The van der Waals surface area contributed by atoms with Crippen molar-refractivity contribution in [1.82, 2.24) is 9.97 Å². The maximum atomic E-state index is 13.0. The molecule has 0 radical (unpaired) electrons. The number of nitrogens with zero attached hydrogens (tertiary/aromatic N) is 3. The second-order valence-corrected chi connectivity index (χ2v) is 9.93. The van der Waals surface area contributed by atoms with E-state index in [0.29, 0.717) is 41.7 Å². The number of benzene rings is 3. The number of hydrogen-bond acceptors (Lipinski definition) is 7. The van der Waals surface area contributed by atoms with E-state index in [1.54, 1.807) is 36.6 Å². The number of hydrogen-bond donors (Lipinski definition) is 3. The molecule has 0 aliphatic rings. The summed E-state index contributed by atoms with van der Waals surface area (Å²) in [7, 11) is 0. The van der Waals surface area contributed by atoms with E-state index in [4.69, 9.17) is 9.97 Å². The van der Waals surface area contributed by atoms with Gasteiger partial charge in [0, 0.05) is 40.3 Å². The van der Waals surface area contributed by atoms with Crippen molar-refractivity contribution in [3.8, 4) is 17.1 Å². The fourth-order valence-corrected chi connectivity index (χ4v) is 5.15. The molecule has 0 saturated heterocycles. The predicted molar refractivity (Wildman–Crippen MR) is 156 cm³/mol. The van der Waals surface area contributed by atoms with Gasteiger partial charge in [0.1, 0.15) is 11.4 Å². The number of aromatic hydroxyl groups is 1. The lowest BCUT2D eigenvalue weighted by atomic mass is 10.1. The Balaban J connectivity index is 1.48. The second kappa shape index (κ2) is 11.7. The molecule has 204 valence electrons. The van der Waals surface area contributed by atoms with Gasteiger partial charge >= 0.3 is 6.18 Å². The summed E-state index contributed by atoms with van der Waals surface area (Å²) in [6, 6.07) is 20.1. The van der Waals surface area contributed by atoms with Crippen LogP contribution in [0.15, 0.2) is 83.2 Å². The van der Waals surface area contributed by atoms with Gasteiger partial charge in [0.25, 0.3) is 0 Å². The van der Waals surface area contributed by atoms with Gasteiger partial charge < -0.3 is 15.7 Å². The quantitative estimate of drug-likeness (QED) is 0.159. The Hall–Kier alpha value is -4.44. The minimum atomic E-state index is -4.39. The molecule has 5 aromatic rings. The number of phenols is 1. The summed E-state index contributed by atoms with van der Waals surface area (Å²) in [6.45, 7) is 2.59. The van der Waals surface area contributed by atoms with Crippen molar-refractivity contribution in [3.05, 3.63) is 94.9 Å². The fourth-order valence-electron chi connectivity index (χ4n) is 4.21. The summed E-state index contributed by atoms with van der Waals surface area (Å²) in [5, 5.41) is 19.3. The van der Waals surface area contributed by atoms with Crippen LogP contribution in [-0.2, 0) is 19.1 Å². The first-order valence-corrected chi connectivity index (χ1v) is 13.5. The van der Waals surface area contributed by atoms with Crippen molar-refractivity contribution in [2.24, 2.45) is 4.99 Å². The first-order chi connectivity index (χ1) is 19.3. The first kappa shape index (κ1) is 27.1. The summed E-state index contributed by atoms with van der Waals surface area (Å²) in [6.07, 6.45) is -2.06. The molecule has 0 bridgehead atoms. The largest absolute Gasteiger partial charge is 0.508 e. The topological polar surface area (TPSA) is 82.4 Å². The number of thiophene rings is 1. The van der Waals surface area contributed by atoms with Gasteiger partial charge in [-0.15, -0.1) is 11.3 Å². The standard InChI is InChI=1S/C30H26F3N5OS/c1-2-34-26-28(35-16-15-19-9-13-22(39)14-10-19)37-27(24-18-40-25-6-4-3-5-23(24)25)38-29(26)36-17-20-7-11-21(12-8-20)30(31,32)33/h2-14,18,39H,15-17H2,1H3,(H2,35,36,37,38)/b34-2-. The Morgan fingerprint density at radius 3 is 2.27 bits per heavy atom. The molecule has 3 N–H and O–H groups in total. The van der Waals surface area contributed by atoms with Crippen molar-refractivity contribution in [3.63, 3.8) is 0 Å². The van der Waals surface area contributed by atoms with Crippen LogP contribution >= 0.6 is 11.3 Å². The molecule has 0 atom stereocenters. The van der Waals surface area contributed by atoms with Crippen LogP contribution in [0.25, 0.3) is 21.5 Å². The van der Waals surface area contributed by atoms with Gasteiger partial charge in [-0.1, -0.05) is 42.5 Å². The summed E-state index contributed by atoms with van der Waals surface area (Å²) < 4.78 is 40.1. The fraction of sp³-hybridized carbons (Fsp3) is 0.167. The number of aromatic nitrogens is 2. The molecule has 0 aliphatic carbocycles. The Kier molecular flexibility index (Phi) is 7.97. The number of nitrogens with one attached hydrogen (secondary N) is 2. The van der Waals surface area contributed by atoms with E-state index >= 15 is 0 Å². The lowest BCUT2D eigenvalue weighted by Gasteiger charge is -2.16. The minimum Gasteiger partial charge on any atom is -0.508 e. The number of halogens is 3. The lowest BCUT2D eigenvalue weighted by molar-refractivity contribution is -0.137. The molecule has 2 heterocycles. The van der Waals surface area contributed by atoms with Crippen LogP contribution < -0.4 is 10.6 Å². The average Bonchev–Trinajstić information content (AvgIpc) is 3.38. The summed E-state index contributed by atoms with van der Waals surface area (Å²) >= 11 is 1.60. The van der Waals surface area contributed by atoms with Crippen LogP contribution in [0.2, 0.25) is 0 Å². The van der Waals surface area contributed by atoms with E-state index in [-0.39, 0.29) is 12.3 Å². The van der Waals surface area contributed by atoms with Crippen LogP contribution in [0.4, 0.5) is 30.5 Å². The summed E-state index contributed by atoms with van der Waals surface area (Å²) in [4.78, 5) is 14.2. The first-order valence-electron chi connectivity index (χ1n) is 12.6. The molecular formula is C30H26F3N5OS.